The van der Waals surface area contributed by atoms with Crippen molar-refractivity contribution in [2.75, 3.05) is 0 Å². The average Bonchev–Trinajstić information content (AvgIpc) is 2.11. The van der Waals surface area contributed by atoms with E-state index in [1.54, 1.807) is 0 Å². The number of phenols is 4. The van der Waals surface area contributed by atoms with E-state index in [0.717, 1.165) is 0 Å². The van der Waals surface area contributed by atoms with Crippen LogP contribution in [0.25, 0.3) is 0 Å². The highest BCUT2D eigenvalue weighted by molar-refractivity contribution is 6.00. The Kier molecular flexibility index (Phi) is 2.25. The average molecular weight is 198 g/mol. The minimum absolute atomic E-state index is 0.0327. The van der Waals surface area contributed by atoms with Crippen molar-refractivity contribution in [2.45, 2.75) is 13.8 Å². The minimum atomic E-state index is -0.890. The van der Waals surface area contributed by atoms with Crippen LogP contribution in [-0.4, -0.2) is 26.2 Å². The van der Waals surface area contributed by atoms with Gasteiger partial charge in [0.15, 0.2) is 17.3 Å². The fraction of sp³-hybridized carbons (Fsp3) is 0.222. The van der Waals surface area contributed by atoms with Gasteiger partial charge in [0.05, 0.1) is 5.56 Å². The van der Waals surface area contributed by atoms with Gasteiger partial charge >= 0.3 is 0 Å². The number of rotatable bonds is 1. The molecule has 0 saturated carbocycles. The molecular formula is C9H10O5. The van der Waals surface area contributed by atoms with E-state index >= 15 is 0 Å². The summed E-state index contributed by atoms with van der Waals surface area (Å²) >= 11 is 0. The largest absolute Gasteiger partial charge is 0.504 e. The van der Waals surface area contributed by atoms with Gasteiger partial charge < -0.3 is 20.4 Å². The molecule has 0 bridgehead atoms. The van der Waals surface area contributed by atoms with Crippen LogP contribution >= 0.6 is 0 Å². The van der Waals surface area contributed by atoms with Crippen LogP contribution in [0.4, 0.5) is 0 Å². The van der Waals surface area contributed by atoms with Gasteiger partial charge in [-0.2, -0.15) is 0 Å². The normalized spacial score (nSPS) is 10.1. The van der Waals surface area contributed by atoms with Crippen LogP contribution in [0, 0.1) is 6.92 Å². The standard InChI is InChI=1S/C9H10O5/c1-3-5(4(2)10)7(12)9(14)8(13)6(3)11/h11-14H,1-2H3. The fourth-order valence-electron chi connectivity index (χ4n) is 1.25. The number of ketones is 1. The molecule has 5 nitrogen and oxygen atoms in total. The summed E-state index contributed by atoms with van der Waals surface area (Å²) in [6, 6.07) is 0. The Bertz CT molecular complexity index is 379. The summed E-state index contributed by atoms with van der Waals surface area (Å²) in [6.07, 6.45) is 0. The Hall–Kier alpha value is -1.91. The van der Waals surface area contributed by atoms with Crippen molar-refractivity contribution < 1.29 is 25.2 Å². The molecule has 0 aromatic heterocycles. The second-order valence-corrected chi connectivity index (χ2v) is 2.95. The van der Waals surface area contributed by atoms with Crippen molar-refractivity contribution in [3.63, 3.8) is 0 Å². The molecule has 1 aromatic carbocycles. The zero-order valence-electron chi connectivity index (χ0n) is 7.70. The SMILES string of the molecule is CC(=O)c1c(C)c(O)c(O)c(O)c1O. The van der Waals surface area contributed by atoms with Crippen LogP contribution in [0.5, 0.6) is 23.0 Å². The van der Waals surface area contributed by atoms with Crippen molar-refractivity contribution in [3.8, 4) is 23.0 Å². The Morgan fingerprint density at radius 3 is 1.79 bits per heavy atom. The van der Waals surface area contributed by atoms with Gasteiger partial charge in [-0.25, -0.2) is 0 Å². The molecule has 0 fully saturated rings. The van der Waals surface area contributed by atoms with Gasteiger partial charge in [-0.1, -0.05) is 0 Å². The summed E-state index contributed by atoms with van der Waals surface area (Å²) in [5, 5.41) is 36.8. The highest BCUT2D eigenvalue weighted by atomic mass is 16.3. The molecular weight excluding hydrogens is 188 g/mol. The van der Waals surface area contributed by atoms with Gasteiger partial charge in [0.25, 0.3) is 0 Å². The summed E-state index contributed by atoms with van der Waals surface area (Å²) < 4.78 is 0. The third-order valence-corrected chi connectivity index (χ3v) is 1.99. The monoisotopic (exact) mass is 198 g/mol. The van der Waals surface area contributed by atoms with Gasteiger partial charge in [-0.15, -0.1) is 0 Å². The van der Waals surface area contributed by atoms with Gasteiger partial charge in [-0.05, 0) is 13.8 Å². The molecule has 76 valence electrons. The van der Waals surface area contributed by atoms with Crippen molar-refractivity contribution in [3.05, 3.63) is 11.1 Å². The molecule has 0 atom stereocenters. The molecule has 0 amide bonds. The van der Waals surface area contributed by atoms with Gasteiger partial charge in [0, 0.05) is 5.56 Å². The summed E-state index contributed by atoms with van der Waals surface area (Å²) in [4.78, 5) is 11.0. The molecule has 4 N–H and O–H groups in total. The second kappa shape index (κ2) is 3.10. The van der Waals surface area contributed by atoms with E-state index in [4.69, 9.17) is 10.2 Å². The Balaban J connectivity index is 3.68. The van der Waals surface area contributed by atoms with Crippen molar-refractivity contribution in [1.29, 1.82) is 0 Å². The quantitative estimate of drug-likeness (QED) is 0.307. The van der Waals surface area contributed by atoms with E-state index in [2.05, 4.69) is 0 Å². The summed E-state index contributed by atoms with van der Waals surface area (Å²) in [7, 11) is 0. The molecule has 1 rings (SSSR count). The fourth-order valence-corrected chi connectivity index (χ4v) is 1.25. The van der Waals surface area contributed by atoms with Crippen LogP contribution in [-0.2, 0) is 0 Å². The van der Waals surface area contributed by atoms with Crippen LogP contribution in [0.3, 0.4) is 0 Å². The summed E-state index contributed by atoms with van der Waals surface area (Å²) in [5.74, 6) is -3.55. The molecule has 0 unspecified atom stereocenters. The lowest BCUT2D eigenvalue weighted by Gasteiger charge is -2.10. The number of Topliss-reactive ketones (excluding diaryl/α,β-unsaturated/α-hetero) is 1. The van der Waals surface area contributed by atoms with Crippen molar-refractivity contribution in [1.82, 2.24) is 0 Å². The molecule has 1 aromatic rings. The number of benzene rings is 1. The zero-order chi connectivity index (χ0) is 11.0. The predicted molar refractivity (Wildman–Crippen MR) is 47.8 cm³/mol. The minimum Gasteiger partial charge on any atom is -0.504 e. The van der Waals surface area contributed by atoms with Gasteiger partial charge in [0.2, 0.25) is 11.5 Å². The van der Waals surface area contributed by atoms with Crippen LogP contribution < -0.4 is 0 Å². The molecule has 0 heterocycles. The summed E-state index contributed by atoms with van der Waals surface area (Å²) in [6.45, 7) is 2.53. The highest BCUT2D eigenvalue weighted by Gasteiger charge is 2.22. The first-order valence-corrected chi connectivity index (χ1v) is 3.85. The first-order valence-electron chi connectivity index (χ1n) is 3.85. The molecule has 5 heteroatoms. The maximum atomic E-state index is 11.0. The number of carbonyl (C=O) groups is 1. The molecule has 0 aliphatic rings. The third kappa shape index (κ3) is 1.22. The number of hydrogen-bond donors (Lipinski definition) is 4. The van der Waals surface area contributed by atoms with E-state index in [-0.39, 0.29) is 11.1 Å². The maximum absolute atomic E-state index is 11.0. The molecule has 0 aliphatic carbocycles. The van der Waals surface area contributed by atoms with E-state index < -0.39 is 28.8 Å². The van der Waals surface area contributed by atoms with Crippen molar-refractivity contribution in [2.24, 2.45) is 0 Å². The van der Waals surface area contributed by atoms with E-state index in [1.165, 1.54) is 13.8 Å². The van der Waals surface area contributed by atoms with Crippen LogP contribution in [0.2, 0.25) is 0 Å². The van der Waals surface area contributed by atoms with Gasteiger partial charge in [0.1, 0.15) is 0 Å². The number of carbonyl (C=O) groups excluding carboxylic acids is 1. The lowest BCUT2D eigenvalue weighted by Crippen LogP contribution is -1.97. The number of phenolic OH excluding ortho intramolecular Hbond substituents is 4. The number of hydrogen-bond acceptors (Lipinski definition) is 5. The molecule has 0 radical (unpaired) electrons. The number of aromatic hydroxyl groups is 4. The predicted octanol–water partition coefficient (Wildman–Crippen LogP) is 1.02. The van der Waals surface area contributed by atoms with Crippen LogP contribution in [0.15, 0.2) is 0 Å². The lowest BCUT2D eigenvalue weighted by molar-refractivity contribution is 0.101. The third-order valence-electron chi connectivity index (χ3n) is 1.99. The second-order valence-electron chi connectivity index (χ2n) is 2.95. The first kappa shape index (κ1) is 10.2. The molecule has 0 saturated heterocycles. The first-order chi connectivity index (χ1) is 6.37. The summed E-state index contributed by atoms with van der Waals surface area (Å²) in [5.41, 5.74) is -0.164. The van der Waals surface area contributed by atoms with E-state index in [0.29, 0.717) is 0 Å². The topological polar surface area (TPSA) is 98.0 Å². The Labute approximate surface area is 79.9 Å². The lowest BCUT2D eigenvalue weighted by atomic mass is 10.0. The van der Waals surface area contributed by atoms with Gasteiger partial charge in [-0.3, -0.25) is 4.79 Å². The highest BCUT2D eigenvalue weighted by Crippen LogP contribution is 2.46. The molecule has 14 heavy (non-hydrogen) atoms. The molecule has 0 aliphatic heterocycles. The maximum Gasteiger partial charge on any atom is 0.205 e. The smallest absolute Gasteiger partial charge is 0.205 e. The van der Waals surface area contributed by atoms with Crippen molar-refractivity contribution >= 4 is 5.78 Å². The van der Waals surface area contributed by atoms with E-state index in [9.17, 15) is 15.0 Å². The molecule has 0 spiro atoms. The van der Waals surface area contributed by atoms with E-state index in [1.807, 2.05) is 0 Å². The Morgan fingerprint density at radius 1 is 0.929 bits per heavy atom. The Morgan fingerprint density at radius 2 is 1.36 bits per heavy atom. The zero-order valence-corrected chi connectivity index (χ0v) is 7.70. The van der Waals surface area contributed by atoms with Crippen LogP contribution in [0.1, 0.15) is 22.8 Å².